The molecule has 0 N–H and O–H groups in total. The predicted molar refractivity (Wildman–Crippen MR) is 34.4 cm³/mol. The van der Waals surface area contributed by atoms with Gasteiger partial charge in [-0.15, -0.1) is 0 Å². The summed E-state index contributed by atoms with van der Waals surface area (Å²) in [6, 6.07) is 0. The average molecular weight is 149 g/mol. The zero-order valence-electron chi connectivity index (χ0n) is 5.59. The molecule has 0 aromatic heterocycles. The van der Waals surface area contributed by atoms with Gasteiger partial charge in [0.2, 0.25) is 0 Å². The van der Waals surface area contributed by atoms with Crippen molar-refractivity contribution in [3.8, 4) is 0 Å². The lowest BCUT2D eigenvalue weighted by Crippen LogP contribution is -2.15. The van der Waals surface area contributed by atoms with Crippen LogP contribution in [0.3, 0.4) is 0 Å². The molecule has 53 valence electrons. The Bertz CT molecular complexity index is 133. The molecular formula is C5H10O3P. The van der Waals surface area contributed by atoms with E-state index >= 15 is 0 Å². The molecule has 1 radical (unpaired) electrons. The van der Waals surface area contributed by atoms with Crippen LogP contribution in [0.15, 0.2) is 0 Å². The smallest absolute Gasteiger partial charge is 0.308 e. The summed E-state index contributed by atoms with van der Waals surface area (Å²) in [6.07, 6.45) is 0. The molecule has 1 aliphatic rings. The first-order chi connectivity index (χ1) is 4.10. The van der Waals surface area contributed by atoms with Crippen LogP contribution < -0.4 is 0 Å². The molecule has 1 saturated heterocycles. The highest BCUT2D eigenvalue weighted by Crippen LogP contribution is 2.47. The molecule has 0 aliphatic carbocycles. The number of hydrogen-bond donors (Lipinski definition) is 0. The number of rotatable bonds is 0. The van der Waals surface area contributed by atoms with Crippen LogP contribution in [0.4, 0.5) is 0 Å². The monoisotopic (exact) mass is 149 g/mol. The van der Waals surface area contributed by atoms with Gasteiger partial charge >= 0.3 is 7.60 Å². The highest BCUT2D eigenvalue weighted by atomic mass is 31.2. The molecule has 0 bridgehead atoms. The van der Waals surface area contributed by atoms with Crippen molar-refractivity contribution in [1.82, 2.24) is 0 Å². The highest BCUT2D eigenvalue weighted by Gasteiger charge is 2.24. The second-order valence-electron chi connectivity index (χ2n) is 2.28. The molecule has 0 atom stereocenters. The van der Waals surface area contributed by atoms with Gasteiger partial charge in [-0.3, -0.25) is 4.57 Å². The molecule has 0 aromatic carbocycles. The molecule has 0 aromatic rings. The summed E-state index contributed by atoms with van der Waals surface area (Å²) < 4.78 is 20.7. The summed E-state index contributed by atoms with van der Waals surface area (Å²) in [7, 11) is -2.64. The lowest BCUT2D eigenvalue weighted by molar-refractivity contribution is 0.169. The Hall–Kier alpha value is 0.150. The van der Waals surface area contributed by atoms with Crippen molar-refractivity contribution in [3.63, 3.8) is 0 Å². The van der Waals surface area contributed by atoms with E-state index in [1.807, 2.05) is 6.92 Å². The van der Waals surface area contributed by atoms with Crippen LogP contribution in [-0.4, -0.2) is 19.9 Å². The Kier molecular flexibility index (Phi) is 1.94. The fraction of sp³-hybridized carbons (Fsp3) is 0.800. The minimum absolute atomic E-state index is 0.480. The first-order valence-electron chi connectivity index (χ1n) is 2.78. The van der Waals surface area contributed by atoms with Crippen LogP contribution in [0.25, 0.3) is 0 Å². The van der Waals surface area contributed by atoms with Crippen LogP contribution in [-0.2, 0) is 13.6 Å². The zero-order chi connectivity index (χ0) is 6.91. The van der Waals surface area contributed by atoms with Crippen molar-refractivity contribution in [2.24, 2.45) is 0 Å². The van der Waals surface area contributed by atoms with Gasteiger partial charge in [-0.25, -0.2) is 0 Å². The van der Waals surface area contributed by atoms with E-state index in [1.54, 1.807) is 0 Å². The van der Waals surface area contributed by atoms with E-state index in [0.29, 0.717) is 13.2 Å². The Labute approximate surface area is 54.9 Å². The second kappa shape index (κ2) is 2.41. The summed E-state index contributed by atoms with van der Waals surface area (Å²) in [4.78, 5) is 0. The molecule has 0 spiro atoms. The maximum absolute atomic E-state index is 10.9. The third-order valence-corrected chi connectivity index (χ3v) is 2.29. The van der Waals surface area contributed by atoms with E-state index in [-0.39, 0.29) is 0 Å². The largest absolute Gasteiger partial charge is 0.327 e. The SMILES string of the molecule is C[C]1COP(C)(=O)OC1. The molecule has 4 heteroatoms. The van der Waals surface area contributed by atoms with Gasteiger partial charge in [0, 0.05) is 12.6 Å². The fourth-order valence-electron chi connectivity index (χ4n) is 0.534. The van der Waals surface area contributed by atoms with Gasteiger partial charge in [0.05, 0.1) is 13.2 Å². The Balaban J connectivity index is 2.44. The van der Waals surface area contributed by atoms with Crippen LogP contribution in [0.2, 0.25) is 0 Å². The molecule has 3 nitrogen and oxygen atoms in total. The normalized spacial score (nSPS) is 28.2. The van der Waals surface area contributed by atoms with Gasteiger partial charge in [0.1, 0.15) is 0 Å². The van der Waals surface area contributed by atoms with E-state index in [2.05, 4.69) is 0 Å². The third kappa shape index (κ3) is 2.09. The van der Waals surface area contributed by atoms with Crippen molar-refractivity contribution >= 4 is 7.60 Å². The Morgan fingerprint density at radius 1 is 1.44 bits per heavy atom. The van der Waals surface area contributed by atoms with Crippen LogP contribution in [0.1, 0.15) is 6.92 Å². The van der Waals surface area contributed by atoms with Crippen molar-refractivity contribution < 1.29 is 13.6 Å². The van der Waals surface area contributed by atoms with Crippen molar-refractivity contribution in [3.05, 3.63) is 5.92 Å². The molecule has 0 unspecified atom stereocenters. The van der Waals surface area contributed by atoms with Gasteiger partial charge in [-0.05, 0) is 0 Å². The standard InChI is InChI=1S/C5H10O3P/c1-5-3-7-9(2,6)8-4-5/h3-4H2,1-2H3. The van der Waals surface area contributed by atoms with E-state index in [4.69, 9.17) is 9.05 Å². The van der Waals surface area contributed by atoms with Crippen LogP contribution in [0, 0.1) is 5.92 Å². The minimum atomic E-state index is -2.64. The average Bonchev–Trinajstić information content (AvgIpc) is 1.78. The summed E-state index contributed by atoms with van der Waals surface area (Å²) in [5, 5.41) is 0. The van der Waals surface area contributed by atoms with Gasteiger partial charge in [-0.1, -0.05) is 6.92 Å². The number of hydrogen-bond acceptors (Lipinski definition) is 3. The summed E-state index contributed by atoms with van der Waals surface area (Å²) in [5.74, 6) is 1.09. The molecule has 0 saturated carbocycles. The molecule has 1 rings (SSSR count). The van der Waals surface area contributed by atoms with Gasteiger partial charge in [-0.2, -0.15) is 0 Å². The van der Waals surface area contributed by atoms with E-state index < -0.39 is 7.60 Å². The molecule has 1 fully saturated rings. The van der Waals surface area contributed by atoms with E-state index in [0.717, 1.165) is 5.92 Å². The molecule has 1 heterocycles. The molecule has 1 aliphatic heterocycles. The van der Waals surface area contributed by atoms with Crippen LogP contribution >= 0.6 is 7.60 Å². The fourth-order valence-corrected chi connectivity index (χ4v) is 1.52. The third-order valence-electron chi connectivity index (χ3n) is 1.09. The predicted octanol–water partition coefficient (Wildman–Crippen LogP) is 1.45. The van der Waals surface area contributed by atoms with E-state index in [9.17, 15) is 4.57 Å². The quantitative estimate of drug-likeness (QED) is 0.489. The summed E-state index contributed by atoms with van der Waals surface area (Å²) in [5.41, 5.74) is 0. The lowest BCUT2D eigenvalue weighted by Gasteiger charge is -2.23. The molecular weight excluding hydrogens is 139 g/mol. The first kappa shape index (κ1) is 7.26. The second-order valence-corrected chi connectivity index (χ2v) is 4.33. The van der Waals surface area contributed by atoms with E-state index in [1.165, 1.54) is 6.66 Å². The zero-order valence-corrected chi connectivity index (χ0v) is 6.48. The first-order valence-corrected chi connectivity index (χ1v) is 4.77. The van der Waals surface area contributed by atoms with Gasteiger partial charge in [0.25, 0.3) is 0 Å². The topological polar surface area (TPSA) is 35.5 Å². The Morgan fingerprint density at radius 3 is 2.22 bits per heavy atom. The summed E-state index contributed by atoms with van der Waals surface area (Å²) in [6.45, 7) is 4.36. The molecule has 9 heavy (non-hydrogen) atoms. The Morgan fingerprint density at radius 2 is 1.89 bits per heavy atom. The highest BCUT2D eigenvalue weighted by molar-refractivity contribution is 7.53. The maximum atomic E-state index is 10.9. The lowest BCUT2D eigenvalue weighted by atomic mass is 10.2. The van der Waals surface area contributed by atoms with Crippen LogP contribution in [0.5, 0.6) is 0 Å². The summed E-state index contributed by atoms with van der Waals surface area (Å²) >= 11 is 0. The minimum Gasteiger partial charge on any atom is -0.308 e. The maximum Gasteiger partial charge on any atom is 0.327 e. The van der Waals surface area contributed by atoms with Crippen molar-refractivity contribution in [1.29, 1.82) is 0 Å². The van der Waals surface area contributed by atoms with Gasteiger partial charge < -0.3 is 9.05 Å². The van der Waals surface area contributed by atoms with Crippen molar-refractivity contribution in [2.75, 3.05) is 19.9 Å². The van der Waals surface area contributed by atoms with Gasteiger partial charge in [0.15, 0.2) is 0 Å². The molecule has 0 amide bonds. The van der Waals surface area contributed by atoms with Crippen molar-refractivity contribution in [2.45, 2.75) is 6.92 Å².